The number of halogens is 3. The topological polar surface area (TPSA) is 69.1 Å². The second-order valence-electron chi connectivity index (χ2n) is 6.26. The first-order chi connectivity index (χ1) is 13.4. The zero-order valence-corrected chi connectivity index (χ0v) is 14.9. The number of hydrogen-bond acceptors (Lipinski definition) is 4. The van der Waals surface area contributed by atoms with E-state index in [0.717, 1.165) is 11.6 Å². The van der Waals surface area contributed by atoms with Crippen molar-refractivity contribution < 1.29 is 13.2 Å². The monoisotopic (exact) mass is 383 g/mol. The van der Waals surface area contributed by atoms with E-state index < -0.39 is 11.9 Å². The van der Waals surface area contributed by atoms with Crippen LogP contribution in [-0.2, 0) is 12.6 Å². The van der Waals surface area contributed by atoms with E-state index in [0.29, 0.717) is 34.6 Å². The fraction of sp³-hybridized carbons (Fsp3) is 0.150. The van der Waals surface area contributed by atoms with Crippen molar-refractivity contribution in [2.24, 2.45) is 0 Å². The van der Waals surface area contributed by atoms with E-state index in [-0.39, 0.29) is 5.95 Å². The molecule has 2 N–H and O–H groups in total. The van der Waals surface area contributed by atoms with E-state index >= 15 is 0 Å². The van der Waals surface area contributed by atoms with Crippen LogP contribution in [0.3, 0.4) is 0 Å². The van der Waals surface area contributed by atoms with E-state index in [1.807, 2.05) is 30.3 Å². The largest absolute Gasteiger partial charge is 0.433 e. The fourth-order valence-corrected chi connectivity index (χ4v) is 3.13. The predicted octanol–water partition coefficient (Wildman–Crippen LogP) is 4.62. The third-order valence-electron chi connectivity index (χ3n) is 4.44. The zero-order chi connectivity index (χ0) is 19.9. The molecule has 142 valence electrons. The lowest BCUT2D eigenvalue weighted by Crippen LogP contribution is -2.10. The summed E-state index contributed by atoms with van der Waals surface area (Å²) >= 11 is 0. The number of aryl methyl sites for hydroxylation is 1. The summed E-state index contributed by atoms with van der Waals surface area (Å²) < 4.78 is 41.8. The van der Waals surface area contributed by atoms with Gasteiger partial charge in [-0.2, -0.15) is 13.2 Å². The first-order valence-electron chi connectivity index (χ1n) is 8.65. The molecule has 0 spiro atoms. The molecule has 0 atom stereocenters. The molecule has 28 heavy (non-hydrogen) atoms. The standard InChI is InChI=1S/C20H16F3N5/c1-2-14-10-13(11-15(26-14)20(21,22)23)16-17(12-6-4-3-5-7-12)27-19(24)28-9-8-25-18(16)28/h3-11H,2H2,1H3,(H2,24,27). The number of pyridine rings is 1. The van der Waals surface area contributed by atoms with Crippen molar-refractivity contribution in [3.05, 3.63) is 66.2 Å². The maximum Gasteiger partial charge on any atom is 0.433 e. The minimum atomic E-state index is -4.56. The lowest BCUT2D eigenvalue weighted by atomic mass is 9.99. The number of imidazole rings is 1. The summed E-state index contributed by atoms with van der Waals surface area (Å²) in [6.45, 7) is 1.76. The van der Waals surface area contributed by atoms with Crippen LogP contribution in [0.25, 0.3) is 28.0 Å². The van der Waals surface area contributed by atoms with Gasteiger partial charge >= 0.3 is 6.18 Å². The van der Waals surface area contributed by atoms with Crippen molar-refractivity contribution in [2.45, 2.75) is 19.5 Å². The average molecular weight is 383 g/mol. The van der Waals surface area contributed by atoms with E-state index in [1.54, 1.807) is 23.6 Å². The van der Waals surface area contributed by atoms with Gasteiger partial charge in [-0.3, -0.25) is 4.40 Å². The third-order valence-corrected chi connectivity index (χ3v) is 4.44. The Labute approximate surface area is 158 Å². The number of nitrogens with zero attached hydrogens (tertiary/aromatic N) is 4. The van der Waals surface area contributed by atoms with Gasteiger partial charge in [-0.25, -0.2) is 15.0 Å². The summed E-state index contributed by atoms with van der Waals surface area (Å²) in [5.41, 5.74) is 7.93. The molecule has 5 nitrogen and oxygen atoms in total. The van der Waals surface area contributed by atoms with Crippen LogP contribution in [0.5, 0.6) is 0 Å². The molecule has 1 aromatic carbocycles. The van der Waals surface area contributed by atoms with Crippen LogP contribution in [0.1, 0.15) is 18.3 Å². The number of hydrogen-bond donors (Lipinski definition) is 1. The van der Waals surface area contributed by atoms with Crippen LogP contribution in [0.4, 0.5) is 19.1 Å². The number of nitrogens with two attached hydrogens (primary N) is 1. The number of anilines is 1. The molecule has 0 bridgehead atoms. The van der Waals surface area contributed by atoms with Gasteiger partial charge in [0.1, 0.15) is 11.3 Å². The lowest BCUT2D eigenvalue weighted by molar-refractivity contribution is -0.141. The van der Waals surface area contributed by atoms with Crippen molar-refractivity contribution >= 4 is 11.6 Å². The van der Waals surface area contributed by atoms with Crippen LogP contribution in [0.2, 0.25) is 0 Å². The highest BCUT2D eigenvalue weighted by Gasteiger charge is 2.33. The number of benzene rings is 1. The lowest BCUT2D eigenvalue weighted by Gasteiger charge is -2.15. The minimum Gasteiger partial charge on any atom is -0.369 e. The molecule has 0 fully saturated rings. The first kappa shape index (κ1) is 18.0. The van der Waals surface area contributed by atoms with Crippen molar-refractivity contribution in [2.75, 3.05) is 5.73 Å². The molecule has 4 rings (SSSR count). The Morgan fingerprint density at radius 1 is 1.04 bits per heavy atom. The summed E-state index contributed by atoms with van der Waals surface area (Å²) in [4.78, 5) is 12.5. The average Bonchev–Trinajstić information content (AvgIpc) is 3.17. The zero-order valence-electron chi connectivity index (χ0n) is 14.9. The molecule has 3 heterocycles. The summed E-state index contributed by atoms with van der Waals surface area (Å²) in [6, 6.07) is 11.9. The van der Waals surface area contributed by atoms with Crippen molar-refractivity contribution in [3.63, 3.8) is 0 Å². The number of fused-ring (bicyclic) bond motifs is 1. The van der Waals surface area contributed by atoms with Gasteiger partial charge in [0.2, 0.25) is 5.95 Å². The highest BCUT2D eigenvalue weighted by Crippen LogP contribution is 2.37. The van der Waals surface area contributed by atoms with E-state index in [1.165, 1.54) is 6.20 Å². The third kappa shape index (κ3) is 3.06. The molecular weight excluding hydrogens is 367 g/mol. The predicted molar refractivity (Wildman–Crippen MR) is 100 cm³/mol. The van der Waals surface area contributed by atoms with Crippen LogP contribution in [-0.4, -0.2) is 19.4 Å². The van der Waals surface area contributed by atoms with Crippen molar-refractivity contribution in [1.29, 1.82) is 0 Å². The number of alkyl halides is 3. The first-order valence-corrected chi connectivity index (χ1v) is 8.65. The molecule has 0 saturated heterocycles. The molecule has 0 aliphatic heterocycles. The Morgan fingerprint density at radius 2 is 1.79 bits per heavy atom. The molecule has 3 aromatic heterocycles. The maximum absolute atomic E-state index is 13.4. The summed E-state index contributed by atoms with van der Waals surface area (Å²) in [5, 5.41) is 0. The van der Waals surface area contributed by atoms with Gasteiger partial charge in [-0.1, -0.05) is 37.3 Å². The molecule has 8 heteroatoms. The highest BCUT2D eigenvalue weighted by molar-refractivity contribution is 5.91. The van der Waals surface area contributed by atoms with Crippen LogP contribution >= 0.6 is 0 Å². The molecule has 0 saturated carbocycles. The van der Waals surface area contributed by atoms with Crippen LogP contribution in [0, 0.1) is 0 Å². The summed E-state index contributed by atoms with van der Waals surface area (Å²) in [5.74, 6) is 0.205. The maximum atomic E-state index is 13.4. The fourth-order valence-electron chi connectivity index (χ4n) is 3.13. The Hall–Kier alpha value is -3.42. The number of aromatic nitrogens is 4. The smallest absolute Gasteiger partial charge is 0.369 e. The normalized spacial score (nSPS) is 11.9. The van der Waals surface area contributed by atoms with Crippen LogP contribution in [0.15, 0.2) is 54.9 Å². The van der Waals surface area contributed by atoms with Gasteiger partial charge in [0.05, 0.1) is 11.3 Å². The Morgan fingerprint density at radius 3 is 2.46 bits per heavy atom. The molecule has 0 aliphatic carbocycles. The van der Waals surface area contributed by atoms with Gasteiger partial charge in [0.15, 0.2) is 0 Å². The second kappa shape index (κ2) is 6.63. The molecule has 0 radical (unpaired) electrons. The van der Waals surface area contributed by atoms with Gasteiger partial charge in [0.25, 0.3) is 0 Å². The van der Waals surface area contributed by atoms with E-state index in [2.05, 4.69) is 15.0 Å². The van der Waals surface area contributed by atoms with E-state index in [9.17, 15) is 13.2 Å². The van der Waals surface area contributed by atoms with Crippen molar-refractivity contribution in [3.8, 4) is 22.4 Å². The van der Waals surface area contributed by atoms with Crippen molar-refractivity contribution in [1.82, 2.24) is 19.4 Å². The molecule has 0 unspecified atom stereocenters. The molecule has 0 aliphatic rings. The van der Waals surface area contributed by atoms with Gasteiger partial charge in [-0.15, -0.1) is 0 Å². The molecule has 4 aromatic rings. The molecular formula is C20H16F3N5. The van der Waals surface area contributed by atoms with Gasteiger partial charge in [0, 0.05) is 23.7 Å². The highest BCUT2D eigenvalue weighted by atomic mass is 19.4. The number of nitrogen functional groups attached to an aromatic ring is 1. The minimum absolute atomic E-state index is 0.205. The van der Waals surface area contributed by atoms with E-state index in [4.69, 9.17) is 5.73 Å². The summed E-state index contributed by atoms with van der Waals surface area (Å²) in [7, 11) is 0. The quantitative estimate of drug-likeness (QED) is 0.560. The van der Waals surface area contributed by atoms with Gasteiger partial charge < -0.3 is 5.73 Å². The van der Waals surface area contributed by atoms with Gasteiger partial charge in [-0.05, 0) is 24.1 Å². The SMILES string of the molecule is CCc1cc(-c2c(-c3ccccc3)nc(N)n3ccnc23)cc(C(F)(F)F)n1. The second-order valence-corrected chi connectivity index (χ2v) is 6.26. The Bertz CT molecular complexity index is 1150. The molecule has 0 amide bonds. The summed E-state index contributed by atoms with van der Waals surface area (Å²) in [6.07, 6.45) is -1.02. The number of rotatable bonds is 3. The Kier molecular flexibility index (Phi) is 4.26. The Balaban J connectivity index is 2.09. The van der Waals surface area contributed by atoms with Crippen LogP contribution < -0.4 is 5.73 Å².